The third-order valence-electron chi connectivity index (χ3n) is 0.338. The van der Waals surface area contributed by atoms with Crippen molar-refractivity contribution in [2.75, 3.05) is 0 Å². The van der Waals surface area contributed by atoms with Gasteiger partial charge in [0.1, 0.15) is 5.16 Å². The molecule has 0 aliphatic rings. The van der Waals surface area contributed by atoms with Crippen molar-refractivity contribution in [3.8, 4) is 0 Å². The molecule has 0 saturated heterocycles. The number of hydrogen-bond acceptors (Lipinski definition) is 1. The largest absolute Gasteiger partial charge is 0.351 e. The molecule has 0 bridgehead atoms. The molecule has 0 aromatic carbocycles. The van der Waals surface area contributed by atoms with Crippen molar-refractivity contribution in [2.45, 2.75) is 0 Å². The smallest absolute Gasteiger partial charge is 0.317 e. The monoisotopic (exact) mass is 154 g/mol. The number of primary amides is 1. The maximum atomic E-state index is 9.90. The SMILES string of the molecule is NC(=O)NC(Cl)=CCl. The standard InChI is InChI=1S/C3H4Cl2N2O/c4-1-2(5)7-3(6)8/h1H,(H3,6,7,8). The maximum absolute atomic E-state index is 9.90. The van der Waals surface area contributed by atoms with Gasteiger partial charge in [0.15, 0.2) is 0 Å². The number of urea groups is 1. The van der Waals surface area contributed by atoms with Gasteiger partial charge >= 0.3 is 6.03 Å². The van der Waals surface area contributed by atoms with Crippen molar-refractivity contribution in [3.05, 3.63) is 10.7 Å². The minimum absolute atomic E-state index is 0.0131. The Labute approximate surface area is 56.4 Å². The lowest BCUT2D eigenvalue weighted by Crippen LogP contribution is -2.26. The molecule has 0 radical (unpaired) electrons. The molecule has 0 aromatic heterocycles. The molecule has 3 N–H and O–H groups in total. The number of carbonyl (C=O) groups is 1. The van der Waals surface area contributed by atoms with E-state index in [0.29, 0.717) is 0 Å². The third-order valence-corrected chi connectivity index (χ3v) is 0.872. The van der Waals surface area contributed by atoms with Gasteiger partial charge in [0.25, 0.3) is 0 Å². The van der Waals surface area contributed by atoms with Gasteiger partial charge in [-0.2, -0.15) is 0 Å². The molecule has 0 rings (SSSR count). The van der Waals surface area contributed by atoms with Gasteiger partial charge in [-0.05, 0) is 0 Å². The average molecular weight is 155 g/mol. The minimum atomic E-state index is -0.730. The number of halogens is 2. The maximum Gasteiger partial charge on any atom is 0.317 e. The Morgan fingerprint density at radius 2 is 2.25 bits per heavy atom. The first-order valence-electron chi connectivity index (χ1n) is 1.69. The Hall–Kier alpha value is -0.410. The van der Waals surface area contributed by atoms with Crippen molar-refractivity contribution in [3.63, 3.8) is 0 Å². The van der Waals surface area contributed by atoms with E-state index < -0.39 is 6.03 Å². The van der Waals surface area contributed by atoms with E-state index in [0.717, 1.165) is 5.54 Å². The van der Waals surface area contributed by atoms with E-state index in [1.165, 1.54) is 0 Å². The number of hydrogen-bond donors (Lipinski definition) is 2. The third kappa shape index (κ3) is 3.77. The van der Waals surface area contributed by atoms with E-state index in [-0.39, 0.29) is 5.16 Å². The molecule has 8 heavy (non-hydrogen) atoms. The Morgan fingerprint density at radius 3 is 2.38 bits per heavy atom. The summed E-state index contributed by atoms with van der Waals surface area (Å²) in [4.78, 5) is 9.90. The normalized spacial score (nSPS) is 11.0. The van der Waals surface area contributed by atoms with Crippen LogP contribution in [0.4, 0.5) is 4.79 Å². The molecule has 3 nitrogen and oxygen atoms in total. The summed E-state index contributed by atoms with van der Waals surface area (Å²) < 4.78 is 0. The molecule has 0 fully saturated rings. The minimum Gasteiger partial charge on any atom is -0.351 e. The first-order chi connectivity index (χ1) is 3.66. The predicted octanol–water partition coefficient (Wildman–Crippen LogP) is 0.931. The molecule has 0 spiro atoms. The van der Waals surface area contributed by atoms with E-state index in [2.05, 4.69) is 5.73 Å². The van der Waals surface area contributed by atoms with Crippen molar-refractivity contribution < 1.29 is 4.79 Å². The summed E-state index contributed by atoms with van der Waals surface area (Å²) in [5.74, 6) is 0. The summed E-state index contributed by atoms with van der Waals surface area (Å²) in [6.45, 7) is 0. The van der Waals surface area contributed by atoms with Gasteiger partial charge < -0.3 is 5.73 Å². The number of amides is 2. The molecule has 0 aliphatic heterocycles. The first kappa shape index (κ1) is 7.59. The lowest BCUT2D eigenvalue weighted by atomic mass is 10.9. The van der Waals surface area contributed by atoms with E-state index in [9.17, 15) is 4.79 Å². The van der Waals surface area contributed by atoms with Crippen LogP contribution >= 0.6 is 23.2 Å². The van der Waals surface area contributed by atoms with Crippen molar-refractivity contribution in [1.82, 2.24) is 5.32 Å². The summed E-state index contributed by atoms with van der Waals surface area (Å²) in [5.41, 5.74) is 5.64. The highest BCUT2D eigenvalue weighted by Gasteiger charge is 1.91. The highest BCUT2D eigenvalue weighted by Crippen LogP contribution is 1.95. The van der Waals surface area contributed by atoms with E-state index >= 15 is 0 Å². The van der Waals surface area contributed by atoms with Crippen LogP contribution in [0, 0.1) is 0 Å². The zero-order valence-corrected chi connectivity index (χ0v) is 5.33. The summed E-state index contributed by atoms with van der Waals surface area (Å²) in [7, 11) is 0. The average Bonchev–Trinajstić information content (AvgIpc) is 1.65. The molecule has 2 amide bonds. The lowest BCUT2D eigenvalue weighted by molar-refractivity contribution is 0.251. The van der Waals surface area contributed by atoms with E-state index in [1.54, 1.807) is 0 Å². The van der Waals surface area contributed by atoms with Crippen LogP contribution in [0.25, 0.3) is 0 Å². The van der Waals surface area contributed by atoms with Crippen LogP contribution < -0.4 is 11.1 Å². The Bertz CT molecular complexity index is 122. The number of nitrogens with one attached hydrogen (secondary N) is 1. The fraction of sp³-hybridized carbons (Fsp3) is 0. The van der Waals surface area contributed by atoms with Gasteiger partial charge in [0.05, 0.1) is 0 Å². The molecule has 5 heteroatoms. The molecule has 0 unspecified atom stereocenters. The fourth-order valence-corrected chi connectivity index (χ4v) is 0.293. The topological polar surface area (TPSA) is 55.1 Å². The second kappa shape index (κ2) is 3.57. The van der Waals surface area contributed by atoms with Gasteiger partial charge in [-0.1, -0.05) is 23.2 Å². The summed E-state index contributed by atoms with van der Waals surface area (Å²) in [6.07, 6.45) is 0. The van der Waals surface area contributed by atoms with Gasteiger partial charge in [-0.25, -0.2) is 4.79 Å². The summed E-state index contributed by atoms with van der Waals surface area (Å²) in [6, 6.07) is -0.730. The number of nitrogens with two attached hydrogens (primary N) is 1. The Balaban J connectivity index is 3.56. The molecular weight excluding hydrogens is 151 g/mol. The van der Waals surface area contributed by atoms with Crippen LogP contribution in [0.2, 0.25) is 0 Å². The molecule has 0 aromatic rings. The first-order valence-corrected chi connectivity index (χ1v) is 2.50. The van der Waals surface area contributed by atoms with Crippen molar-refractivity contribution in [2.24, 2.45) is 5.73 Å². The van der Waals surface area contributed by atoms with Crippen LogP contribution in [-0.4, -0.2) is 6.03 Å². The Morgan fingerprint density at radius 1 is 1.75 bits per heavy atom. The summed E-state index contributed by atoms with van der Waals surface area (Å²) >= 11 is 10.2. The molecule has 46 valence electrons. The molecule has 0 saturated carbocycles. The van der Waals surface area contributed by atoms with Crippen LogP contribution in [0.5, 0.6) is 0 Å². The fourth-order valence-electron chi connectivity index (χ4n) is 0.145. The summed E-state index contributed by atoms with van der Waals surface area (Å²) in [5, 5.41) is 2.04. The Kier molecular flexibility index (Phi) is 3.39. The number of rotatable bonds is 1. The second-order valence-corrected chi connectivity index (χ2v) is 1.57. The van der Waals surface area contributed by atoms with Gasteiger partial charge in [0.2, 0.25) is 0 Å². The van der Waals surface area contributed by atoms with Crippen molar-refractivity contribution in [1.29, 1.82) is 0 Å². The number of carbonyl (C=O) groups excluding carboxylic acids is 1. The molecular formula is C3H4Cl2N2O. The second-order valence-electron chi connectivity index (χ2n) is 0.946. The lowest BCUT2D eigenvalue weighted by Gasteiger charge is -1.92. The zero-order chi connectivity index (χ0) is 6.57. The quantitative estimate of drug-likeness (QED) is 0.543. The van der Waals surface area contributed by atoms with Crippen LogP contribution in [-0.2, 0) is 0 Å². The van der Waals surface area contributed by atoms with Crippen LogP contribution in [0.3, 0.4) is 0 Å². The molecule has 0 aliphatic carbocycles. The van der Waals surface area contributed by atoms with Gasteiger partial charge in [-0.3, -0.25) is 5.32 Å². The molecule has 0 heterocycles. The van der Waals surface area contributed by atoms with Crippen LogP contribution in [0.1, 0.15) is 0 Å². The van der Waals surface area contributed by atoms with Crippen molar-refractivity contribution >= 4 is 29.2 Å². The van der Waals surface area contributed by atoms with E-state index in [4.69, 9.17) is 23.2 Å². The molecule has 0 atom stereocenters. The highest BCUT2D eigenvalue weighted by molar-refractivity contribution is 6.36. The van der Waals surface area contributed by atoms with Crippen LogP contribution in [0.15, 0.2) is 10.7 Å². The van der Waals surface area contributed by atoms with Gasteiger partial charge in [0, 0.05) is 5.54 Å². The predicted molar refractivity (Wildman–Crippen MR) is 32.5 cm³/mol. The van der Waals surface area contributed by atoms with Gasteiger partial charge in [-0.15, -0.1) is 0 Å². The van der Waals surface area contributed by atoms with E-state index in [1.807, 2.05) is 5.32 Å². The highest BCUT2D eigenvalue weighted by atomic mass is 35.5. The zero-order valence-electron chi connectivity index (χ0n) is 3.82.